The van der Waals surface area contributed by atoms with Crippen molar-refractivity contribution < 1.29 is 38.7 Å². The monoisotopic (exact) mass is 772 g/mol. The van der Waals surface area contributed by atoms with Crippen molar-refractivity contribution in [1.29, 1.82) is 0 Å². The minimum atomic E-state index is -1.17. The topological polar surface area (TPSA) is 204 Å². The number of aliphatic carboxylic acids is 1. The zero-order valence-corrected chi connectivity index (χ0v) is 31.3. The number of hydrogen-bond acceptors (Lipinski definition) is 10. The number of aromatic nitrogens is 1. The van der Waals surface area contributed by atoms with Gasteiger partial charge in [-0.3, -0.25) is 19.7 Å². The number of benzene rings is 3. The van der Waals surface area contributed by atoms with Crippen molar-refractivity contribution in [2.45, 2.75) is 58.1 Å². The van der Waals surface area contributed by atoms with Gasteiger partial charge in [0, 0.05) is 55.8 Å². The lowest BCUT2D eigenvalue weighted by atomic mass is 9.96. The molecule has 0 saturated carbocycles. The third kappa shape index (κ3) is 10.4. The summed E-state index contributed by atoms with van der Waals surface area (Å²) in [5, 5.41) is 22.8. The molecule has 2 aliphatic rings. The normalized spacial score (nSPS) is 15.6. The van der Waals surface area contributed by atoms with E-state index in [1.54, 1.807) is 18.3 Å². The molecule has 6 rings (SSSR count). The highest BCUT2D eigenvalue weighted by molar-refractivity contribution is 6.32. The summed E-state index contributed by atoms with van der Waals surface area (Å²) in [6, 6.07) is 16.0. The molecule has 0 aliphatic carbocycles. The average molecular weight is 773 g/mol. The number of likely N-dealkylation sites (tertiary alicyclic amines) is 1. The molecule has 0 radical (unpaired) electrons. The Morgan fingerprint density at radius 1 is 1.04 bits per heavy atom. The highest BCUT2D eigenvalue weighted by Crippen LogP contribution is 2.38. The van der Waals surface area contributed by atoms with Crippen molar-refractivity contribution in [2.24, 2.45) is 16.5 Å². The third-order valence-corrected chi connectivity index (χ3v) is 9.73. The highest BCUT2D eigenvalue weighted by Gasteiger charge is 2.24. The van der Waals surface area contributed by atoms with Crippen molar-refractivity contribution in [2.75, 3.05) is 32.8 Å². The fourth-order valence-electron chi connectivity index (χ4n) is 6.51. The first-order valence-electron chi connectivity index (χ1n) is 18.0. The van der Waals surface area contributed by atoms with Crippen LogP contribution in [-0.2, 0) is 24.6 Å². The van der Waals surface area contributed by atoms with Gasteiger partial charge in [-0.1, -0.05) is 35.9 Å². The molecular weight excluding hydrogens is 728 g/mol. The second-order valence-electron chi connectivity index (χ2n) is 13.5. The van der Waals surface area contributed by atoms with Crippen LogP contribution in [0.2, 0.25) is 5.02 Å². The number of guanidine groups is 1. The van der Waals surface area contributed by atoms with E-state index >= 15 is 0 Å². The van der Waals surface area contributed by atoms with Crippen LogP contribution in [0.1, 0.15) is 51.9 Å². The van der Waals surface area contributed by atoms with E-state index in [0.717, 1.165) is 45.9 Å². The van der Waals surface area contributed by atoms with Crippen LogP contribution in [0.3, 0.4) is 0 Å². The number of amides is 1. The van der Waals surface area contributed by atoms with E-state index in [2.05, 4.69) is 26.3 Å². The first kappa shape index (κ1) is 39.1. The van der Waals surface area contributed by atoms with E-state index in [4.69, 9.17) is 42.0 Å². The molecule has 3 aromatic carbocycles. The van der Waals surface area contributed by atoms with Crippen LogP contribution < -0.4 is 35.7 Å². The van der Waals surface area contributed by atoms with E-state index in [-0.39, 0.29) is 37.7 Å². The second kappa shape index (κ2) is 18.2. The molecule has 2 aliphatic heterocycles. The predicted octanol–water partition coefficient (Wildman–Crippen LogP) is 4.44. The Bertz CT molecular complexity index is 2040. The number of aliphatic hydroxyl groups excluding tert-OH is 1. The van der Waals surface area contributed by atoms with Crippen LogP contribution in [0.15, 0.2) is 72.0 Å². The SMILES string of the molecule is Cc1c(COc2cc(OCc3cncc(C(=O)NC(CCCN=C(N)N)C(=O)O)c3)c(CN3CC[C@H](O)C3)cc2Cl)cccc1-c1ccc2c(c1)OCCO2. The number of nitrogens with one attached hydrogen (secondary N) is 1. The van der Waals surface area contributed by atoms with Crippen LogP contribution >= 0.6 is 11.6 Å². The number of rotatable bonds is 16. The molecule has 1 aromatic heterocycles. The molecule has 7 N–H and O–H groups in total. The maximum absolute atomic E-state index is 13.1. The molecule has 15 heteroatoms. The minimum absolute atomic E-state index is 0.0440. The van der Waals surface area contributed by atoms with E-state index in [9.17, 15) is 19.8 Å². The molecule has 1 fully saturated rings. The van der Waals surface area contributed by atoms with Gasteiger partial charge in [0.2, 0.25) is 0 Å². The van der Waals surface area contributed by atoms with Gasteiger partial charge in [0.15, 0.2) is 17.5 Å². The summed E-state index contributed by atoms with van der Waals surface area (Å²) in [7, 11) is 0. The number of nitrogens with zero attached hydrogens (tertiary/aromatic N) is 3. The van der Waals surface area contributed by atoms with Gasteiger partial charge in [0.25, 0.3) is 5.91 Å². The lowest BCUT2D eigenvalue weighted by molar-refractivity contribution is -0.139. The van der Waals surface area contributed by atoms with Crippen molar-refractivity contribution in [3.63, 3.8) is 0 Å². The molecule has 2 atom stereocenters. The molecule has 1 unspecified atom stereocenters. The van der Waals surface area contributed by atoms with Gasteiger partial charge in [0.1, 0.15) is 44.0 Å². The minimum Gasteiger partial charge on any atom is -0.488 e. The van der Waals surface area contributed by atoms with E-state index in [0.29, 0.717) is 61.2 Å². The van der Waals surface area contributed by atoms with Gasteiger partial charge in [-0.2, -0.15) is 0 Å². The quantitative estimate of drug-likeness (QED) is 0.0610. The van der Waals surface area contributed by atoms with Gasteiger partial charge in [0.05, 0.1) is 16.7 Å². The van der Waals surface area contributed by atoms with E-state index < -0.39 is 24.0 Å². The molecule has 3 heterocycles. The summed E-state index contributed by atoms with van der Waals surface area (Å²) < 4.78 is 24.2. The van der Waals surface area contributed by atoms with E-state index in [1.165, 1.54) is 6.20 Å². The number of hydrogen-bond donors (Lipinski definition) is 5. The largest absolute Gasteiger partial charge is 0.488 e. The second-order valence-corrected chi connectivity index (χ2v) is 13.9. The highest BCUT2D eigenvalue weighted by atomic mass is 35.5. The Kier molecular flexibility index (Phi) is 12.9. The van der Waals surface area contributed by atoms with Crippen LogP contribution in [0.25, 0.3) is 11.1 Å². The summed E-state index contributed by atoms with van der Waals surface area (Å²) >= 11 is 6.82. The first-order chi connectivity index (χ1) is 26.5. The Labute approximate surface area is 324 Å². The summed E-state index contributed by atoms with van der Waals surface area (Å²) in [6.07, 6.45) is 3.71. The lowest BCUT2D eigenvalue weighted by Gasteiger charge is -2.21. The van der Waals surface area contributed by atoms with Gasteiger partial charge < -0.3 is 45.9 Å². The number of halogens is 1. The maximum atomic E-state index is 13.1. The summed E-state index contributed by atoms with van der Waals surface area (Å²) in [5.41, 5.74) is 16.3. The zero-order valence-electron chi connectivity index (χ0n) is 30.5. The third-order valence-electron chi connectivity index (χ3n) is 9.44. The molecule has 1 saturated heterocycles. The van der Waals surface area contributed by atoms with Gasteiger partial charge in [-0.25, -0.2) is 4.79 Å². The van der Waals surface area contributed by atoms with Crippen molar-refractivity contribution >= 4 is 29.4 Å². The van der Waals surface area contributed by atoms with Crippen molar-refractivity contribution in [3.8, 4) is 34.1 Å². The Morgan fingerprint density at radius 3 is 2.60 bits per heavy atom. The number of β-amino-alcohol motifs (C(OH)–C–C–N with tert-alkyl or cyclic N) is 1. The number of carbonyl (C=O) groups excluding carboxylic acids is 1. The number of carboxylic acids is 1. The maximum Gasteiger partial charge on any atom is 0.326 e. The van der Waals surface area contributed by atoms with Crippen molar-refractivity contribution in [3.05, 3.63) is 99.8 Å². The number of aliphatic hydroxyl groups is 1. The number of carbonyl (C=O) groups is 2. The number of carboxylic acid groups (broad SMARTS) is 1. The molecular formula is C40H45ClN6O8. The van der Waals surface area contributed by atoms with Crippen LogP contribution in [-0.4, -0.2) is 82.9 Å². The van der Waals surface area contributed by atoms with Crippen LogP contribution in [0, 0.1) is 6.92 Å². The van der Waals surface area contributed by atoms with E-state index in [1.807, 2.05) is 43.3 Å². The number of ether oxygens (including phenoxy) is 4. The average Bonchev–Trinajstić information content (AvgIpc) is 3.59. The fraction of sp³-hybridized carbons (Fsp3) is 0.350. The van der Waals surface area contributed by atoms with Gasteiger partial charge in [-0.05, 0) is 72.7 Å². The predicted molar refractivity (Wildman–Crippen MR) is 207 cm³/mol. The molecule has 0 bridgehead atoms. The van der Waals surface area contributed by atoms with Gasteiger partial charge in [-0.15, -0.1) is 0 Å². The molecule has 55 heavy (non-hydrogen) atoms. The first-order valence-corrected chi connectivity index (χ1v) is 18.4. The molecule has 0 spiro atoms. The number of pyridine rings is 1. The summed E-state index contributed by atoms with van der Waals surface area (Å²) in [5.74, 6) is 0.546. The number of fused-ring (bicyclic) bond motifs is 1. The van der Waals surface area contributed by atoms with Crippen LogP contribution in [0.4, 0.5) is 0 Å². The van der Waals surface area contributed by atoms with Crippen LogP contribution in [0.5, 0.6) is 23.0 Å². The standard InChI is InChI=1S/C40H45ClN6O8/c1-24-27(4-2-5-31(24)26-7-8-34-37(16-26)53-13-12-52-34)23-55-36-17-35(29(15-32(36)41)20-47-11-9-30(48)21-47)54-22-25-14-28(19-44-18-25)38(49)46-33(39(50)51)6-3-10-45-40(42)43/h2,4-5,7-8,14-19,30,33,48H,3,6,9-13,20-23H2,1H3,(H,46,49)(H,50,51)(H4,42,43,45)/t30-,33?/m0/s1. The number of nitrogens with two attached hydrogens (primary N) is 2. The smallest absolute Gasteiger partial charge is 0.326 e. The fourth-order valence-corrected chi connectivity index (χ4v) is 6.76. The lowest BCUT2D eigenvalue weighted by Crippen LogP contribution is -2.41. The molecule has 14 nitrogen and oxygen atoms in total. The molecule has 4 aromatic rings. The Balaban J connectivity index is 1.17. The summed E-state index contributed by atoms with van der Waals surface area (Å²) in [4.78, 5) is 35.1. The van der Waals surface area contributed by atoms with Crippen molar-refractivity contribution in [1.82, 2.24) is 15.2 Å². The van der Waals surface area contributed by atoms with Gasteiger partial charge >= 0.3 is 5.97 Å². The zero-order chi connectivity index (χ0) is 38.9. The summed E-state index contributed by atoms with van der Waals surface area (Å²) in [6.45, 7) is 5.36. The Morgan fingerprint density at radius 2 is 1.84 bits per heavy atom. The number of aliphatic imine (C=N–C) groups is 1. The Hall–Kier alpha value is -5.57. The molecule has 290 valence electrons. The molecule has 1 amide bonds.